The smallest absolute Gasteiger partial charge is 0.161 e. The maximum absolute atomic E-state index is 12.5. The van der Waals surface area contributed by atoms with Crippen molar-refractivity contribution in [2.75, 3.05) is 19.8 Å². The zero-order valence-electron chi connectivity index (χ0n) is 10.9. The summed E-state index contributed by atoms with van der Waals surface area (Å²) in [6, 6.07) is 0. The Balaban J connectivity index is 1.87. The second-order valence-electron chi connectivity index (χ2n) is 5.68. The summed E-state index contributed by atoms with van der Waals surface area (Å²) in [6.45, 7) is 2.08. The highest BCUT2D eigenvalue weighted by Gasteiger charge is 2.49. The Labute approximate surface area is 111 Å². The van der Waals surface area contributed by atoms with E-state index in [2.05, 4.69) is 15.5 Å². The number of fused-ring (bicyclic) bond motifs is 2. The molecule has 5 heteroatoms. The van der Waals surface area contributed by atoms with Gasteiger partial charge in [0.05, 0.1) is 6.54 Å². The van der Waals surface area contributed by atoms with Crippen molar-refractivity contribution in [2.24, 2.45) is 15.6 Å². The number of azo groups is 1. The number of allylic oxidation sites excluding steroid dienone is 2. The average Bonchev–Trinajstić information content (AvgIpc) is 2.89. The van der Waals surface area contributed by atoms with E-state index in [9.17, 15) is 4.79 Å². The second-order valence-corrected chi connectivity index (χ2v) is 5.68. The molecule has 4 rings (SSSR count). The van der Waals surface area contributed by atoms with Crippen LogP contribution in [0.3, 0.4) is 0 Å². The molecule has 3 aliphatic heterocycles. The summed E-state index contributed by atoms with van der Waals surface area (Å²) in [5.74, 6) is 1.21. The molecule has 1 aliphatic carbocycles. The lowest BCUT2D eigenvalue weighted by Gasteiger charge is -2.44. The molecule has 1 spiro atoms. The van der Waals surface area contributed by atoms with Gasteiger partial charge in [-0.2, -0.15) is 5.11 Å². The Morgan fingerprint density at radius 2 is 2.05 bits per heavy atom. The first-order valence-electron chi connectivity index (χ1n) is 7.04. The van der Waals surface area contributed by atoms with Crippen molar-refractivity contribution >= 4 is 5.78 Å². The quantitative estimate of drug-likeness (QED) is 0.724. The molecule has 0 aromatic carbocycles. The van der Waals surface area contributed by atoms with E-state index in [0.717, 1.165) is 56.0 Å². The van der Waals surface area contributed by atoms with Crippen LogP contribution in [0.2, 0.25) is 0 Å². The molecule has 0 radical (unpaired) electrons. The van der Waals surface area contributed by atoms with E-state index in [0.29, 0.717) is 18.7 Å². The van der Waals surface area contributed by atoms with Crippen LogP contribution in [0.15, 0.2) is 32.9 Å². The molecule has 0 bridgehead atoms. The fourth-order valence-electron chi connectivity index (χ4n) is 3.88. The number of ketones is 1. The first-order valence-corrected chi connectivity index (χ1v) is 7.04. The van der Waals surface area contributed by atoms with E-state index >= 15 is 0 Å². The number of nitrogens with zero attached hydrogens (tertiary/aromatic N) is 2. The molecule has 0 amide bonds. The molecule has 1 N–H and O–H groups in total. The van der Waals surface area contributed by atoms with Crippen molar-refractivity contribution in [1.82, 2.24) is 5.32 Å². The Hall–Kier alpha value is -1.49. The van der Waals surface area contributed by atoms with Crippen LogP contribution in [-0.2, 0) is 9.53 Å². The monoisotopic (exact) mass is 259 g/mol. The van der Waals surface area contributed by atoms with Crippen molar-refractivity contribution < 1.29 is 9.53 Å². The van der Waals surface area contributed by atoms with E-state index in [4.69, 9.17) is 4.74 Å². The average molecular weight is 259 g/mol. The van der Waals surface area contributed by atoms with Gasteiger partial charge in [0, 0.05) is 41.9 Å². The number of hydrogen-bond donors (Lipinski definition) is 1. The number of hydrogen-bond acceptors (Lipinski definition) is 5. The van der Waals surface area contributed by atoms with E-state index in [1.54, 1.807) is 0 Å². The van der Waals surface area contributed by atoms with Crippen molar-refractivity contribution in [2.45, 2.75) is 32.1 Å². The number of dihydropyridines is 1. The maximum atomic E-state index is 12.5. The van der Waals surface area contributed by atoms with Crippen LogP contribution in [0.1, 0.15) is 32.1 Å². The second kappa shape index (κ2) is 4.00. The molecule has 0 aromatic rings. The van der Waals surface area contributed by atoms with Crippen LogP contribution in [0.25, 0.3) is 0 Å². The van der Waals surface area contributed by atoms with Crippen LogP contribution in [0, 0.1) is 5.41 Å². The fraction of sp³-hybridized carbons (Fsp3) is 0.643. The van der Waals surface area contributed by atoms with Gasteiger partial charge in [0.25, 0.3) is 0 Å². The van der Waals surface area contributed by atoms with Gasteiger partial charge in [-0.1, -0.05) is 0 Å². The third kappa shape index (κ3) is 1.48. The summed E-state index contributed by atoms with van der Waals surface area (Å²) in [5.41, 5.74) is 3.19. The Bertz CT molecular complexity index is 539. The van der Waals surface area contributed by atoms with Crippen molar-refractivity contribution in [3.05, 3.63) is 22.7 Å². The van der Waals surface area contributed by atoms with Crippen LogP contribution < -0.4 is 5.32 Å². The van der Waals surface area contributed by atoms with E-state index in [-0.39, 0.29) is 5.41 Å². The molecule has 5 nitrogen and oxygen atoms in total. The highest BCUT2D eigenvalue weighted by molar-refractivity contribution is 5.99. The summed E-state index contributed by atoms with van der Waals surface area (Å²) in [5, 5.41) is 11.8. The topological polar surface area (TPSA) is 63.0 Å². The van der Waals surface area contributed by atoms with Gasteiger partial charge in [-0.25, -0.2) is 0 Å². The standard InChI is InChI=1S/C14H17N3O2/c18-11-3-1-2-10-12(11)14(4-6-19-7-5-14)9-8-15-17-13(9)16-10/h16H,1-8H2. The molecule has 0 saturated carbocycles. The van der Waals surface area contributed by atoms with Crippen LogP contribution in [-0.4, -0.2) is 25.5 Å². The largest absolute Gasteiger partial charge is 0.381 e. The van der Waals surface area contributed by atoms with Gasteiger partial charge in [-0.05, 0) is 25.7 Å². The minimum atomic E-state index is -0.144. The van der Waals surface area contributed by atoms with Crippen LogP contribution in [0.5, 0.6) is 0 Å². The molecule has 19 heavy (non-hydrogen) atoms. The molecule has 3 heterocycles. The zero-order valence-corrected chi connectivity index (χ0v) is 10.9. The van der Waals surface area contributed by atoms with Gasteiger partial charge in [0.15, 0.2) is 11.6 Å². The molecule has 0 unspecified atom stereocenters. The number of carbonyl (C=O) groups excluding carboxylic acids is 1. The molecular weight excluding hydrogens is 242 g/mol. The van der Waals surface area contributed by atoms with Gasteiger partial charge in [0.1, 0.15) is 0 Å². The number of Topliss-reactive ketones (excluding diaryl/α,β-unsaturated/α-hetero) is 1. The summed E-state index contributed by atoms with van der Waals surface area (Å²) in [6.07, 6.45) is 4.36. The zero-order chi connectivity index (χ0) is 12.9. The third-order valence-electron chi connectivity index (χ3n) is 4.77. The Kier molecular flexibility index (Phi) is 2.39. The summed E-state index contributed by atoms with van der Waals surface area (Å²) in [4.78, 5) is 12.5. The first kappa shape index (κ1) is 11.3. The fourth-order valence-corrected chi connectivity index (χ4v) is 3.88. The van der Waals surface area contributed by atoms with E-state index in [1.807, 2.05) is 0 Å². The molecule has 4 aliphatic rings. The lowest BCUT2D eigenvalue weighted by Crippen LogP contribution is -2.44. The molecule has 0 aromatic heterocycles. The predicted molar refractivity (Wildman–Crippen MR) is 68.3 cm³/mol. The molecule has 100 valence electrons. The first-order chi connectivity index (χ1) is 9.31. The van der Waals surface area contributed by atoms with Crippen LogP contribution in [0.4, 0.5) is 0 Å². The summed E-state index contributed by atoms with van der Waals surface area (Å²) >= 11 is 0. The van der Waals surface area contributed by atoms with Crippen LogP contribution >= 0.6 is 0 Å². The van der Waals surface area contributed by atoms with Crippen molar-refractivity contribution in [1.29, 1.82) is 0 Å². The highest BCUT2D eigenvalue weighted by atomic mass is 16.5. The Morgan fingerprint density at radius 3 is 2.89 bits per heavy atom. The van der Waals surface area contributed by atoms with E-state index in [1.165, 1.54) is 5.57 Å². The van der Waals surface area contributed by atoms with Gasteiger partial charge in [-0.15, -0.1) is 5.11 Å². The van der Waals surface area contributed by atoms with Gasteiger partial charge in [-0.3, -0.25) is 4.79 Å². The summed E-state index contributed by atoms with van der Waals surface area (Å²) in [7, 11) is 0. The Morgan fingerprint density at radius 1 is 1.21 bits per heavy atom. The summed E-state index contributed by atoms with van der Waals surface area (Å²) < 4.78 is 5.52. The lowest BCUT2D eigenvalue weighted by molar-refractivity contribution is -0.117. The SMILES string of the molecule is O=C1CCCC2=C1C1(CCOCC1)C1=C(N=NC1)N2. The minimum absolute atomic E-state index is 0.144. The molecule has 1 fully saturated rings. The molecule has 1 saturated heterocycles. The van der Waals surface area contributed by atoms with Gasteiger partial charge >= 0.3 is 0 Å². The highest BCUT2D eigenvalue weighted by Crippen LogP contribution is 2.52. The molecular formula is C14H17N3O2. The van der Waals surface area contributed by atoms with Gasteiger partial charge in [0.2, 0.25) is 0 Å². The predicted octanol–water partition coefficient (Wildman–Crippen LogP) is 2.07. The van der Waals surface area contributed by atoms with Gasteiger partial charge < -0.3 is 10.1 Å². The van der Waals surface area contributed by atoms with Crippen molar-refractivity contribution in [3.8, 4) is 0 Å². The van der Waals surface area contributed by atoms with E-state index < -0.39 is 0 Å². The number of nitrogens with one attached hydrogen (secondary N) is 1. The lowest BCUT2D eigenvalue weighted by atomic mass is 9.63. The minimum Gasteiger partial charge on any atom is -0.381 e. The molecule has 0 atom stereocenters. The normalized spacial score (nSPS) is 28.5. The maximum Gasteiger partial charge on any atom is 0.161 e. The number of carbonyl (C=O) groups is 1. The number of rotatable bonds is 0. The third-order valence-corrected chi connectivity index (χ3v) is 4.77. The van der Waals surface area contributed by atoms with Crippen molar-refractivity contribution in [3.63, 3.8) is 0 Å². The number of ether oxygens (including phenoxy) is 1.